The molecule has 3 heterocycles. The molecular weight excluding hydrogens is 584 g/mol. The Balaban J connectivity index is 1.44. The van der Waals surface area contributed by atoms with Crippen LogP contribution in [0.4, 0.5) is 17.3 Å². The molecule has 2 aromatic heterocycles. The zero-order valence-corrected chi connectivity index (χ0v) is 26.8. The topological polar surface area (TPSA) is 146 Å². The van der Waals surface area contributed by atoms with Crippen molar-refractivity contribution in [3.63, 3.8) is 0 Å². The van der Waals surface area contributed by atoms with Gasteiger partial charge in [-0.15, -0.1) is 5.10 Å². The Hall–Kier alpha value is -4.43. The van der Waals surface area contributed by atoms with Gasteiger partial charge in [0.15, 0.2) is 5.75 Å². The molecule has 2 N–H and O–H groups in total. The van der Waals surface area contributed by atoms with E-state index in [9.17, 15) is 13.2 Å². The first-order valence-corrected chi connectivity index (χ1v) is 16.0. The highest BCUT2D eigenvalue weighted by molar-refractivity contribution is 7.92. The standard InChI is InChI=1S/C30H38N8O5S/c1-19-8-9-20(28(39)32-22-15-21(30(2,3)4)16-23(27(22)42-6)34-44(7,40)41)14-25(19)38-18-24(33-35-38)26-17-31-29(36(26)5)37-10-12-43-13-11-37/h8-9,14-18,34H,10-13H2,1-7H3,(H,32,39). The Bertz CT molecular complexity index is 1800. The number of morpholine rings is 1. The van der Waals surface area contributed by atoms with Crippen LogP contribution in [0.25, 0.3) is 17.1 Å². The summed E-state index contributed by atoms with van der Waals surface area (Å²) in [5.41, 5.74) is 4.46. The lowest BCUT2D eigenvalue weighted by Crippen LogP contribution is -2.37. The van der Waals surface area contributed by atoms with E-state index >= 15 is 0 Å². The third-order valence-corrected chi connectivity index (χ3v) is 8.02. The fourth-order valence-electron chi connectivity index (χ4n) is 5.04. The van der Waals surface area contributed by atoms with E-state index in [1.165, 1.54) is 7.11 Å². The van der Waals surface area contributed by atoms with Crippen LogP contribution in [0.2, 0.25) is 0 Å². The molecule has 1 saturated heterocycles. The molecule has 44 heavy (non-hydrogen) atoms. The Morgan fingerprint density at radius 2 is 1.80 bits per heavy atom. The zero-order valence-electron chi connectivity index (χ0n) is 26.0. The minimum absolute atomic E-state index is 0.206. The monoisotopic (exact) mass is 622 g/mol. The second-order valence-corrected chi connectivity index (χ2v) is 13.6. The highest BCUT2D eigenvalue weighted by Gasteiger charge is 2.23. The van der Waals surface area contributed by atoms with Crippen molar-refractivity contribution in [2.45, 2.75) is 33.1 Å². The first kappa shape index (κ1) is 31.0. The third kappa shape index (κ3) is 6.55. The Morgan fingerprint density at radius 1 is 1.09 bits per heavy atom. The van der Waals surface area contributed by atoms with E-state index < -0.39 is 15.9 Å². The van der Waals surface area contributed by atoms with Gasteiger partial charge in [0, 0.05) is 25.7 Å². The number of anilines is 3. The number of carbonyl (C=O) groups excluding carboxylic acids is 1. The van der Waals surface area contributed by atoms with Crippen molar-refractivity contribution < 1.29 is 22.7 Å². The molecule has 234 valence electrons. The first-order chi connectivity index (χ1) is 20.7. The summed E-state index contributed by atoms with van der Waals surface area (Å²) in [6.07, 6.45) is 4.65. The lowest BCUT2D eigenvalue weighted by molar-refractivity contribution is 0.102. The summed E-state index contributed by atoms with van der Waals surface area (Å²) in [6.45, 7) is 10.8. The molecule has 1 amide bonds. The second kappa shape index (κ2) is 11.9. The highest BCUT2D eigenvalue weighted by Crippen LogP contribution is 2.39. The average molecular weight is 623 g/mol. The van der Waals surface area contributed by atoms with Crippen molar-refractivity contribution in [3.8, 4) is 22.8 Å². The molecule has 1 aliphatic rings. The summed E-state index contributed by atoms with van der Waals surface area (Å²) in [4.78, 5) is 20.4. The van der Waals surface area contributed by atoms with E-state index in [0.717, 1.165) is 42.1 Å². The van der Waals surface area contributed by atoms with Crippen LogP contribution < -0.4 is 19.7 Å². The van der Waals surface area contributed by atoms with Crippen LogP contribution in [0.5, 0.6) is 5.75 Å². The summed E-state index contributed by atoms with van der Waals surface area (Å²) in [5, 5.41) is 11.7. The number of nitrogens with zero attached hydrogens (tertiary/aromatic N) is 6. The van der Waals surface area contributed by atoms with Crippen LogP contribution in [0.1, 0.15) is 42.3 Å². The maximum atomic E-state index is 13.6. The molecule has 13 nitrogen and oxygen atoms in total. The number of sulfonamides is 1. The van der Waals surface area contributed by atoms with E-state index in [-0.39, 0.29) is 16.9 Å². The first-order valence-electron chi connectivity index (χ1n) is 14.1. The zero-order chi connectivity index (χ0) is 31.8. The quantitative estimate of drug-likeness (QED) is 0.300. The van der Waals surface area contributed by atoms with Crippen LogP contribution in [0, 0.1) is 6.92 Å². The number of imidazole rings is 1. The van der Waals surface area contributed by atoms with E-state index in [0.29, 0.717) is 35.8 Å². The maximum absolute atomic E-state index is 13.6. The molecule has 0 aliphatic carbocycles. The van der Waals surface area contributed by atoms with Gasteiger partial charge in [0.2, 0.25) is 16.0 Å². The smallest absolute Gasteiger partial charge is 0.255 e. The van der Waals surface area contributed by atoms with Gasteiger partial charge in [0.25, 0.3) is 5.91 Å². The molecular formula is C30H38N8O5S. The lowest BCUT2D eigenvalue weighted by Gasteiger charge is -2.27. The number of aromatic nitrogens is 5. The molecule has 0 unspecified atom stereocenters. The number of aryl methyl sites for hydroxylation is 1. The number of ether oxygens (including phenoxy) is 2. The van der Waals surface area contributed by atoms with Crippen LogP contribution >= 0.6 is 0 Å². The number of hydrogen-bond donors (Lipinski definition) is 2. The molecule has 0 saturated carbocycles. The normalized spacial score (nSPS) is 14.0. The number of hydrogen-bond acceptors (Lipinski definition) is 9. The fourth-order valence-corrected chi connectivity index (χ4v) is 5.59. The van der Waals surface area contributed by atoms with Gasteiger partial charge < -0.3 is 24.3 Å². The fraction of sp³-hybridized carbons (Fsp3) is 0.400. The van der Waals surface area contributed by atoms with Crippen molar-refractivity contribution in [3.05, 3.63) is 59.4 Å². The molecule has 1 fully saturated rings. The van der Waals surface area contributed by atoms with Gasteiger partial charge in [-0.3, -0.25) is 9.52 Å². The summed E-state index contributed by atoms with van der Waals surface area (Å²) in [5.74, 6) is 0.647. The predicted octanol–water partition coefficient (Wildman–Crippen LogP) is 3.74. The van der Waals surface area contributed by atoms with Crippen molar-refractivity contribution in [2.24, 2.45) is 7.05 Å². The molecule has 0 bridgehead atoms. The molecule has 0 atom stereocenters. The highest BCUT2D eigenvalue weighted by atomic mass is 32.2. The van der Waals surface area contributed by atoms with E-state index in [1.54, 1.807) is 35.1 Å². The van der Waals surface area contributed by atoms with Gasteiger partial charge in [0.05, 0.1) is 61.7 Å². The SMILES string of the molecule is COc1c(NC(=O)c2ccc(C)c(-n3cc(-c4cnc(N5CCOCC5)n4C)nn3)c2)cc(C(C)(C)C)cc1NS(C)(=O)=O. The van der Waals surface area contributed by atoms with Crippen LogP contribution in [-0.4, -0.2) is 78.5 Å². The summed E-state index contributed by atoms with van der Waals surface area (Å²) in [6, 6.07) is 8.81. The van der Waals surface area contributed by atoms with Gasteiger partial charge in [0.1, 0.15) is 5.69 Å². The van der Waals surface area contributed by atoms with Crippen molar-refractivity contribution in [1.82, 2.24) is 24.5 Å². The molecule has 5 rings (SSSR count). The summed E-state index contributed by atoms with van der Waals surface area (Å²) >= 11 is 0. The summed E-state index contributed by atoms with van der Waals surface area (Å²) < 4.78 is 41.3. The second-order valence-electron chi connectivity index (χ2n) is 11.8. The number of benzene rings is 2. The largest absolute Gasteiger partial charge is 0.492 e. The summed E-state index contributed by atoms with van der Waals surface area (Å²) in [7, 11) is -0.236. The number of amides is 1. The van der Waals surface area contributed by atoms with E-state index in [4.69, 9.17) is 9.47 Å². The average Bonchev–Trinajstić information content (AvgIpc) is 3.59. The predicted molar refractivity (Wildman–Crippen MR) is 169 cm³/mol. The van der Waals surface area contributed by atoms with Crippen LogP contribution in [0.15, 0.2) is 42.7 Å². The third-order valence-electron chi connectivity index (χ3n) is 7.43. The van der Waals surface area contributed by atoms with E-state index in [2.05, 4.69) is 30.2 Å². The van der Waals surface area contributed by atoms with Gasteiger partial charge in [-0.1, -0.05) is 32.1 Å². The van der Waals surface area contributed by atoms with Crippen LogP contribution in [0.3, 0.4) is 0 Å². The molecule has 4 aromatic rings. The number of nitrogens with one attached hydrogen (secondary N) is 2. The maximum Gasteiger partial charge on any atom is 0.255 e. The van der Waals surface area contributed by atoms with Crippen molar-refractivity contribution in [2.75, 3.05) is 54.6 Å². The van der Waals surface area contributed by atoms with Gasteiger partial charge in [-0.2, -0.15) is 0 Å². The van der Waals surface area contributed by atoms with Crippen LogP contribution in [-0.2, 0) is 27.2 Å². The molecule has 14 heteroatoms. The lowest BCUT2D eigenvalue weighted by atomic mass is 9.86. The van der Waals surface area contributed by atoms with Gasteiger partial charge in [-0.05, 0) is 47.7 Å². The number of rotatable bonds is 8. The molecule has 0 spiro atoms. The Labute approximate surface area is 257 Å². The van der Waals surface area contributed by atoms with Gasteiger partial charge in [-0.25, -0.2) is 18.1 Å². The Kier molecular flexibility index (Phi) is 8.40. The molecule has 0 radical (unpaired) electrons. The Morgan fingerprint density at radius 3 is 2.45 bits per heavy atom. The van der Waals surface area contributed by atoms with Crippen molar-refractivity contribution >= 4 is 33.3 Å². The number of methoxy groups -OCH3 is 1. The molecule has 2 aromatic carbocycles. The molecule has 1 aliphatic heterocycles. The number of carbonyl (C=O) groups is 1. The van der Waals surface area contributed by atoms with E-state index in [1.807, 2.05) is 51.6 Å². The van der Waals surface area contributed by atoms with Gasteiger partial charge >= 0.3 is 0 Å². The minimum Gasteiger partial charge on any atom is -0.492 e. The van der Waals surface area contributed by atoms with Crippen molar-refractivity contribution in [1.29, 1.82) is 0 Å². The minimum atomic E-state index is -3.61.